The minimum atomic E-state index is -1.33. The van der Waals surface area contributed by atoms with Gasteiger partial charge in [-0.25, -0.2) is 0 Å². The highest BCUT2D eigenvalue weighted by atomic mass is 16.6. The molecule has 4 aromatic rings. The van der Waals surface area contributed by atoms with Crippen molar-refractivity contribution in [2.45, 2.75) is 44.9 Å². The summed E-state index contributed by atoms with van der Waals surface area (Å²) in [7, 11) is 0. The van der Waals surface area contributed by atoms with Crippen LogP contribution in [0.4, 0.5) is 0 Å². The number of amides is 2. The van der Waals surface area contributed by atoms with E-state index in [9.17, 15) is 24.3 Å². The Morgan fingerprint density at radius 2 is 1.52 bits per heavy atom. The van der Waals surface area contributed by atoms with Gasteiger partial charge < -0.3 is 25.3 Å². The topological polar surface area (TPSA) is 143 Å². The average Bonchev–Trinajstić information content (AvgIpc) is 3.51. The summed E-state index contributed by atoms with van der Waals surface area (Å²) < 4.78 is 5.63. The van der Waals surface area contributed by atoms with Crippen LogP contribution < -0.4 is 15.4 Å². The van der Waals surface area contributed by atoms with Gasteiger partial charge in [-0.3, -0.25) is 19.2 Å². The second-order valence-electron chi connectivity index (χ2n) is 11.1. The number of nitrogens with one attached hydrogen (secondary N) is 2. The third-order valence-electron chi connectivity index (χ3n) is 7.49. The van der Waals surface area contributed by atoms with Gasteiger partial charge in [-0.05, 0) is 51.7 Å². The lowest BCUT2D eigenvalue weighted by Gasteiger charge is -2.22. The van der Waals surface area contributed by atoms with E-state index in [0.29, 0.717) is 17.0 Å². The molecule has 10 nitrogen and oxygen atoms in total. The van der Waals surface area contributed by atoms with Gasteiger partial charge in [-0.2, -0.15) is 0 Å². The number of rotatable bonds is 12. The molecule has 0 spiro atoms. The molecule has 1 heterocycles. The molecule has 4 aromatic carbocycles. The SMILES string of the molecule is CC(C)[C@H](NC(=O)c1ccc2ccccc2c1)C1=NOC(C(=O)N[C@@H](CC(=O)O)C(=O)COc2ccc3ccccc3c2)C1. The van der Waals surface area contributed by atoms with Gasteiger partial charge in [0.25, 0.3) is 11.8 Å². The number of ether oxygens (including phenoxy) is 1. The summed E-state index contributed by atoms with van der Waals surface area (Å²) >= 11 is 0. The fourth-order valence-corrected chi connectivity index (χ4v) is 5.11. The van der Waals surface area contributed by atoms with E-state index in [1.807, 2.05) is 80.6 Å². The van der Waals surface area contributed by atoms with Crippen LogP contribution in [0.25, 0.3) is 21.5 Å². The standard InChI is InChI=1S/C34H33N3O7/c1-20(2)32(36-33(41)25-12-11-21-7-3-5-9-23(21)15-25)28-17-30(44-37-28)34(42)35-27(18-31(39)40)29(38)19-43-26-14-13-22-8-4-6-10-24(22)16-26/h3-16,20,27,30,32H,17-19H2,1-2H3,(H,35,42)(H,36,41)(H,39,40)/t27-,30?,32-/m0/s1. The lowest BCUT2D eigenvalue weighted by molar-refractivity contribution is -0.141. The molecule has 1 unspecified atom stereocenters. The number of nitrogens with zero attached hydrogens (tertiary/aromatic N) is 1. The van der Waals surface area contributed by atoms with Gasteiger partial charge >= 0.3 is 5.97 Å². The number of carbonyl (C=O) groups excluding carboxylic acids is 3. The highest BCUT2D eigenvalue weighted by Crippen LogP contribution is 2.22. The third-order valence-corrected chi connectivity index (χ3v) is 7.49. The summed E-state index contributed by atoms with van der Waals surface area (Å²) in [6.45, 7) is 3.40. The molecule has 1 aliphatic heterocycles. The minimum Gasteiger partial charge on any atom is -0.486 e. The van der Waals surface area contributed by atoms with Gasteiger partial charge in [-0.15, -0.1) is 0 Å². The molecule has 10 heteroatoms. The van der Waals surface area contributed by atoms with Gasteiger partial charge in [0, 0.05) is 12.0 Å². The second-order valence-corrected chi connectivity index (χ2v) is 11.1. The highest BCUT2D eigenvalue weighted by molar-refractivity contribution is 6.03. The molecule has 226 valence electrons. The maximum Gasteiger partial charge on any atom is 0.305 e. The summed E-state index contributed by atoms with van der Waals surface area (Å²) in [5.41, 5.74) is 0.958. The number of carboxylic acids is 1. The summed E-state index contributed by atoms with van der Waals surface area (Å²) in [6, 6.07) is 24.4. The number of hydrogen-bond acceptors (Lipinski definition) is 7. The number of aliphatic carboxylic acids is 1. The van der Waals surface area contributed by atoms with Crippen molar-refractivity contribution in [2.24, 2.45) is 11.1 Å². The number of ketones is 1. The van der Waals surface area contributed by atoms with E-state index in [4.69, 9.17) is 9.57 Å². The largest absolute Gasteiger partial charge is 0.486 e. The lowest BCUT2D eigenvalue weighted by atomic mass is 9.95. The zero-order chi connectivity index (χ0) is 31.2. The lowest BCUT2D eigenvalue weighted by Crippen LogP contribution is -2.49. The first kappa shape index (κ1) is 30.2. The predicted molar refractivity (Wildman–Crippen MR) is 166 cm³/mol. The summed E-state index contributed by atoms with van der Waals surface area (Å²) in [5, 5.41) is 22.9. The van der Waals surface area contributed by atoms with Crippen LogP contribution in [0.3, 0.4) is 0 Å². The van der Waals surface area contributed by atoms with E-state index < -0.39 is 48.9 Å². The Morgan fingerprint density at radius 3 is 2.18 bits per heavy atom. The van der Waals surface area contributed by atoms with Crippen LogP contribution in [0.2, 0.25) is 0 Å². The molecule has 0 fully saturated rings. The van der Waals surface area contributed by atoms with Crippen LogP contribution >= 0.6 is 0 Å². The maximum atomic E-state index is 13.1. The van der Waals surface area contributed by atoms with E-state index in [0.717, 1.165) is 21.5 Å². The molecule has 2 amide bonds. The molecule has 3 atom stereocenters. The highest BCUT2D eigenvalue weighted by Gasteiger charge is 2.36. The van der Waals surface area contributed by atoms with E-state index in [1.54, 1.807) is 18.2 Å². The van der Waals surface area contributed by atoms with Crippen molar-refractivity contribution in [3.05, 3.63) is 90.5 Å². The van der Waals surface area contributed by atoms with Crippen LogP contribution in [0.1, 0.15) is 37.0 Å². The van der Waals surface area contributed by atoms with E-state index >= 15 is 0 Å². The Hall–Kier alpha value is -5.25. The fraction of sp³-hybridized carbons (Fsp3) is 0.265. The van der Waals surface area contributed by atoms with Gasteiger partial charge in [0.1, 0.15) is 18.4 Å². The van der Waals surface area contributed by atoms with Crippen molar-refractivity contribution in [3.63, 3.8) is 0 Å². The van der Waals surface area contributed by atoms with Gasteiger partial charge in [-0.1, -0.05) is 79.7 Å². The first-order chi connectivity index (χ1) is 21.2. The fourth-order valence-electron chi connectivity index (χ4n) is 5.11. The number of Topliss-reactive ketones (excluding diaryl/α,β-unsaturated/α-hetero) is 1. The molecule has 44 heavy (non-hydrogen) atoms. The molecular formula is C34H33N3O7. The molecule has 0 aliphatic carbocycles. The Balaban J connectivity index is 1.19. The van der Waals surface area contributed by atoms with E-state index in [-0.39, 0.29) is 18.2 Å². The Morgan fingerprint density at radius 1 is 0.886 bits per heavy atom. The number of carbonyl (C=O) groups is 4. The third kappa shape index (κ3) is 7.20. The molecular weight excluding hydrogens is 562 g/mol. The predicted octanol–water partition coefficient (Wildman–Crippen LogP) is 4.50. The van der Waals surface area contributed by atoms with Crippen molar-refractivity contribution in [3.8, 4) is 5.75 Å². The van der Waals surface area contributed by atoms with Crippen molar-refractivity contribution in [2.75, 3.05) is 6.61 Å². The molecule has 0 saturated carbocycles. The van der Waals surface area contributed by atoms with Crippen molar-refractivity contribution >= 4 is 50.8 Å². The molecule has 0 bridgehead atoms. The van der Waals surface area contributed by atoms with Crippen molar-refractivity contribution in [1.82, 2.24) is 10.6 Å². The Labute approximate surface area is 254 Å². The Kier molecular flexibility index (Phi) is 9.18. The molecule has 1 aliphatic rings. The molecule has 0 radical (unpaired) electrons. The van der Waals surface area contributed by atoms with Crippen LogP contribution in [0.15, 0.2) is 90.1 Å². The number of hydrogen-bond donors (Lipinski definition) is 3. The van der Waals surface area contributed by atoms with Crippen molar-refractivity contribution < 1.29 is 33.9 Å². The normalized spacial score (nSPS) is 15.7. The molecule has 5 rings (SSSR count). The summed E-state index contributed by atoms with van der Waals surface area (Å²) in [5.74, 6) is -2.45. The van der Waals surface area contributed by atoms with Gasteiger partial charge in [0.15, 0.2) is 5.78 Å². The first-order valence-corrected chi connectivity index (χ1v) is 14.4. The zero-order valence-electron chi connectivity index (χ0n) is 24.4. The van der Waals surface area contributed by atoms with Gasteiger partial charge in [0.2, 0.25) is 6.10 Å². The number of oxime groups is 1. The zero-order valence-corrected chi connectivity index (χ0v) is 24.4. The van der Waals surface area contributed by atoms with Crippen LogP contribution in [-0.4, -0.2) is 59.2 Å². The monoisotopic (exact) mass is 595 g/mol. The smallest absolute Gasteiger partial charge is 0.305 e. The maximum absolute atomic E-state index is 13.1. The van der Waals surface area contributed by atoms with Crippen LogP contribution in [0.5, 0.6) is 5.75 Å². The second kappa shape index (κ2) is 13.4. The summed E-state index contributed by atoms with van der Waals surface area (Å²) in [6.07, 6.45) is -1.65. The molecule has 0 saturated heterocycles. The summed E-state index contributed by atoms with van der Waals surface area (Å²) in [4.78, 5) is 56.1. The molecule has 0 aromatic heterocycles. The first-order valence-electron chi connectivity index (χ1n) is 14.4. The minimum absolute atomic E-state index is 0.0637. The molecule has 3 N–H and O–H groups in total. The quantitative estimate of drug-likeness (QED) is 0.219. The van der Waals surface area contributed by atoms with Gasteiger partial charge in [0.05, 0.1) is 18.2 Å². The Bertz CT molecular complexity index is 1750. The van der Waals surface area contributed by atoms with E-state index in [1.165, 1.54) is 0 Å². The number of benzene rings is 4. The van der Waals surface area contributed by atoms with E-state index in [2.05, 4.69) is 15.8 Å². The number of fused-ring (bicyclic) bond motifs is 2. The van der Waals surface area contributed by atoms with Crippen LogP contribution in [0, 0.1) is 5.92 Å². The van der Waals surface area contributed by atoms with Crippen molar-refractivity contribution in [1.29, 1.82) is 0 Å². The van der Waals surface area contributed by atoms with Crippen LogP contribution in [-0.2, 0) is 19.2 Å². The number of carboxylic acid groups (broad SMARTS) is 1. The average molecular weight is 596 g/mol.